The Morgan fingerprint density at radius 3 is 2.63 bits per heavy atom. The molecule has 0 saturated heterocycles. The number of fused-ring (bicyclic) bond motifs is 3. The van der Waals surface area contributed by atoms with Gasteiger partial charge in [0.15, 0.2) is 0 Å². The lowest BCUT2D eigenvalue weighted by molar-refractivity contribution is -0.166. The van der Waals surface area contributed by atoms with E-state index in [1.165, 1.54) is 0 Å². The first kappa shape index (κ1) is 19.4. The van der Waals surface area contributed by atoms with Gasteiger partial charge in [-0.2, -0.15) is 0 Å². The Labute approximate surface area is 163 Å². The number of carbonyl (C=O) groups excluding carboxylic acids is 1. The van der Waals surface area contributed by atoms with Crippen LogP contribution in [0.1, 0.15) is 72.1 Å². The Kier molecular flexibility index (Phi) is 4.95. The fraction of sp³-hybridized carbons (Fsp3) is 0.870. The van der Waals surface area contributed by atoms with Crippen LogP contribution in [0.2, 0.25) is 0 Å². The van der Waals surface area contributed by atoms with Gasteiger partial charge in [-0.3, -0.25) is 0 Å². The van der Waals surface area contributed by atoms with Crippen LogP contribution in [0.15, 0.2) is 11.6 Å². The number of hydrogen-bond acceptors (Lipinski definition) is 4. The average Bonchev–Trinajstić information content (AvgIpc) is 3.05. The second-order valence-corrected chi connectivity index (χ2v) is 10.3. The average molecular weight is 377 g/mol. The molecule has 0 radical (unpaired) electrons. The molecule has 3 aliphatic carbocycles. The van der Waals surface area contributed by atoms with Crippen molar-refractivity contribution in [3.05, 3.63) is 11.6 Å². The Bertz CT molecular complexity index is 628. The molecule has 1 aliphatic heterocycles. The third kappa shape index (κ3) is 2.98. The fourth-order valence-electron chi connectivity index (χ4n) is 7.56. The van der Waals surface area contributed by atoms with Gasteiger partial charge >= 0.3 is 5.97 Å². The number of esters is 1. The summed E-state index contributed by atoms with van der Waals surface area (Å²) in [4.78, 5) is 11.6. The molecule has 4 nitrogen and oxygen atoms in total. The number of cyclic esters (lactones) is 1. The Morgan fingerprint density at radius 2 is 1.96 bits per heavy atom. The molecule has 3 fully saturated rings. The molecule has 0 bridgehead atoms. The number of carbonyl (C=O) groups is 1. The van der Waals surface area contributed by atoms with E-state index < -0.39 is 0 Å². The molecule has 0 spiro atoms. The molecule has 27 heavy (non-hydrogen) atoms. The zero-order valence-electron chi connectivity index (χ0n) is 17.1. The molecule has 4 heteroatoms. The molecule has 2 N–H and O–H groups in total. The van der Waals surface area contributed by atoms with Gasteiger partial charge in [-0.1, -0.05) is 20.8 Å². The lowest BCUT2D eigenvalue weighted by atomic mass is 9.45. The highest BCUT2D eigenvalue weighted by molar-refractivity contribution is 5.85. The van der Waals surface area contributed by atoms with Crippen LogP contribution in [0, 0.1) is 34.5 Å². The molecule has 8 atom stereocenters. The van der Waals surface area contributed by atoms with Crippen LogP contribution >= 0.6 is 0 Å². The second kappa shape index (κ2) is 6.88. The summed E-state index contributed by atoms with van der Waals surface area (Å²) in [7, 11) is 0. The Morgan fingerprint density at radius 1 is 1.19 bits per heavy atom. The number of hydrogen-bond donors (Lipinski definition) is 2. The summed E-state index contributed by atoms with van der Waals surface area (Å²) in [6, 6.07) is 0. The monoisotopic (exact) mass is 376 g/mol. The van der Waals surface area contributed by atoms with Gasteiger partial charge in [0, 0.05) is 11.5 Å². The predicted octanol–water partition coefficient (Wildman–Crippen LogP) is 3.85. The summed E-state index contributed by atoms with van der Waals surface area (Å²) in [6.45, 7) is 7.23. The normalized spacial score (nSPS) is 48.3. The lowest BCUT2D eigenvalue weighted by Crippen LogP contribution is -2.58. The molecular formula is C23H36O4. The summed E-state index contributed by atoms with van der Waals surface area (Å²) in [5, 5.41) is 21.8. The summed E-state index contributed by atoms with van der Waals surface area (Å²) >= 11 is 0. The van der Waals surface area contributed by atoms with E-state index in [4.69, 9.17) is 4.74 Å². The van der Waals surface area contributed by atoms with E-state index in [-0.39, 0.29) is 34.9 Å². The smallest absolute Gasteiger partial charge is 0.331 e. The molecule has 4 aliphatic rings. The minimum absolute atomic E-state index is 0.130. The zero-order chi connectivity index (χ0) is 19.4. The lowest BCUT2D eigenvalue weighted by Gasteiger charge is -2.61. The second-order valence-electron chi connectivity index (χ2n) is 10.3. The summed E-state index contributed by atoms with van der Waals surface area (Å²) < 4.78 is 5.19. The van der Waals surface area contributed by atoms with Crippen molar-refractivity contribution in [2.24, 2.45) is 34.5 Å². The highest BCUT2D eigenvalue weighted by Crippen LogP contribution is 2.63. The van der Waals surface area contributed by atoms with Gasteiger partial charge in [-0.05, 0) is 86.0 Å². The third-order valence-electron chi connectivity index (χ3n) is 9.13. The minimum atomic E-state index is -0.331. The standard InChI is InChI=1S/C23H36O4/c1-4-18(14-11-20(25)27-13-14)23(3)10-8-19-17(21(23)26)6-5-15-12-16(24)7-9-22(15,19)2/h11,15-19,21,24,26H,4-10,12-13H2,1-3H3/t15-,16+,17-,18-,19+,21-,22+,23-/m1/s1. The maximum atomic E-state index is 11.6. The largest absolute Gasteiger partial charge is 0.458 e. The van der Waals surface area contributed by atoms with Crippen molar-refractivity contribution in [1.82, 2.24) is 0 Å². The number of aliphatic hydroxyl groups excluding tert-OH is 2. The van der Waals surface area contributed by atoms with Gasteiger partial charge in [0.2, 0.25) is 0 Å². The SMILES string of the molecule is CC[C@H](C1=CC(=O)OC1)[C@@]1(C)CC[C@H]2[C@@H](CC[C@@H]3C[C@@H](O)CC[C@@]32C)[C@H]1O. The summed E-state index contributed by atoms with van der Waals surface area (Å²) in [5.74, 6) is 1.47. The third-order valence-corrected chi connectivity index (χ3v) is 9.13. The van der Waals surface area contributed by atoms with Gasteiger partial charge < -0.3 is 14.9 Å². The predicted molar refractivity (Wildman–Crippen MR) is 104 cm³/mol. The molecule has 0 unspecified atom stereocenters. The van der Waals surface area contributed by atoms with Crippen LogP contribution in [-0.4, -0.2) is 35.0 Å². The molecule has 0 amide bonds. The van der Waals surface area contributed by atoms with E-state index >= 15 is 0 Å². The number of aliphatic hydroxyl groups is 2. The van der Waals surface area contributed by atoms with Crippen molar-refractivity contribution < 1.29 is 19.7 Å². The summed E-state index contributed by atoms with van der Waals surface area (Å²) in [6.07, 6.45) is 9.43. The van der Waals surface area contributed by atoms with E-state index in [0.717, 1.165) is 56.9 Å². The maximum absolute atomic E-state index is 11.6. The van der Waals surface area contributed by atoms with Crippen molar-refractivity contribution in [2.45, 2.75) is 84.3 Å². The van der Waals surface area contributed by atoms with E-state index in [0.29, 0.717) is 24.4 Å². The Balaban J connectivity index is 1.59. The van der Waals surface area contributed by atoms with Crippen LogP contribution in [0.25, 0.3) is 0 Å². The minimum Gasteiger partial charge on any atom is -0.458 e. The van der Waals surface area contributed by atoms with E-state index in [2.05, 4.69) is 20.8 Å². The quantitative estimate of drug-likeness (QED) is 0.734. The molecule has 0 aromatic carbocycles. The maximum Gasteiger partial charge on any atom is 0.331 e. The topological polar surface area (TPSA) is 66.8 Å². The first-order valence-electron chi connectivity index (χ1n) is 11.0. The molecule has 0 aromatic heterocycles. The molecule has 1 heterocycles. The Hall–Kier alpha value is -0.870. The van der Waals surface area contributed by atoms with E-state index in [1.807, 2.05) is 0 Å². The zero-order valence-corrected chi connectivity index (χ0v) is 17.1. The van der Waals surface area contributed by atoms with Crippen molar-refractivity contribution >= 4 is 5.97 Å². The highest BCUT2D eigenvalue weighted by Gasteiger charge is 2.58. The molecular weight excluding hydrogens is 340 g/mol. The number of rotatable bonds is 3. The van der Waals surface area contributed by atoms with Crippen LogP contribution in [0.5, 0.6) is 0 Å². The van der Waals surface area contributed by atoms with Gasteiger partial charge in [-0.25, -0.2) is 4.79 Å². The molecule has 4 rings (SSSR count). The van der Waals surface area contributed by atoms with Crippen molar-refractivity contribution in [3.63, 3.8) is 0 Å². The first-order chi connectivity index (χ1) is 12.8. The fourth-order valence-corrected chi connectivity index (χ4v) is 7.56. The van der Waals surface area contributed by atoms with Crippen LogP contribution in [0.3, 0.4) is 0 Å². The van der Waals surface area contributed by atoms with Gasteiger partial charge in [-0.15, -0.1) is 0 Å². The van der Waals surface area contributed by atoms with Gasteiger partial charge in [0.1, 0.15) is 6.61 Å². The first-order valence-corrected chi connectivity index (χ1v) is 11.0. The van der Waals surface area contributed by atoms with Crippen LogP contribution in [0.4, 0.5) is 0 Å². The highest BCUT2D eigenvalue weighted by atomic mass is 16.5. The van der Waals surface area contributed by atoms with Crippen molar-refractivity contribution in [3.8, 4) is 0 Å². The van der Waals surface area contributed by atoms with Crippen LogP contribution in [-0.2, 0) is 9.53 Å². The summed E-state index contributed by atoms with van der Waals surface area (Å²) in [5.41, 5.74) is 1.15. The molecule has 152 valence electrons. The van der Waals surface area contributed by atoms with E-state index in [1.54, 1.807) is 6.08 Å². The molecule has 0 aromatic rings. The van der Waals surface area contributed by atoms with Crippen LogP contribution < -0.4 is 0 Å². The van der Waals surface area contributed by atoms with Gasteiger partial charge in [0.25, 0.3) is 0 Å². The van der Waals surface area contributed by atoms with Crippen molar-refractivity contribution in [1.29, 1.82) is 0 Å². The van der Waals surface area contributed by atoms with Gasteiger partial charge in [0.05, 0.1) is 12.2 Å². The molecule has 3 saturated carbocycles. The van der Waals surface area contributed by atoms with E-state index in [9.17, 15) is 15.0 Å². The van der Waals surface area contributed by atoms with Crippen molar-refractivity contribution in [2.75, 3.05) is 6.61 Å². The number of ether oxygens (including phenoxy) is 1.